The van der Waals surface area contributed by atoms with Crippen molar-refractivity contribution in [2.75, 3.05) is 12.3 Å². The van der Waals surface area contributed by atoms with Crippen molar-refractivity contribution in [2.45, 2.75) is 24.5 Å². The van der Waals surface area contributed by atoms with Crippen molar-refractivity contribution in [3.63, 3.8) is 0 Å². The number of hydrogen-bond acceptors (Lipinski definition) is 15. The molecule has 0 amide bonds. The molecule has 47 heavy (non-hydrogen) atoms. The van der Waals surface area contributed by atoms with Gasteiger partial charge < -0.3 is 39.9 Å². The average Bonchev–Trinajstić information content (AvgIpc) is 3.55. The Labute approximate surface area is 263 Å². The van der Waals surface area contributed by atoms with Crippen molar-refractivity contribution in [2.24, 2.45) is 0 Å². The fourth-order valence-electron chi connectivity index (χ4n) is 4.56. The first-order valence-electron chi connectivity index (χ1n) is 13.0. The van der Waals surface area contributed by atoms with E-state index in [1.165, 1.54) is 24.3 Å². The summed E-state index contributed by atoms with van der Waals surface area (Å²) in [4.78, 5) is 75.6. The number of carbonyl (C=O) groups is 2. The van der Waals surface area contributed by atoms with Gasteiger partial charge in [0.15, 0.2) is 23.5 Å². The Bertz CT molecular complexity index is 1950. The van der Waals surface area contributed by atoms with Crippen LogP contribution >= 0.6 is 23.5 Å². The summed E-state index contributed by atoms with van der Waals surface area (Å²) in [6.45, 7) is -0.815. The zero-order valence-corrected chi connectivity index (χ0v) is 26.1. The van der Waals surface area contributed by atoms with Gasteiger partial charge in [0.1, 0.15) is 36.8 Å². The molecular formula is C24H24N5O15P3. The highest BCUT2D eigenvalue weighted by atomic mass is 31.3. The number of nitrogen functional groups attached to an aromatic ring is 1. The van der Waals surface area contributed by atoms with Gasteiger partial charge in [0, 0.05) is 11.1 Å². The summed E-state index contributed by atoms with van der Waals surface area (Å²) in [5, 5.41) is 11.2. The fourth-order valence-corrected chi connectivity index (χ4v) is 7.79. The standard InChI is InChI=1S/C24H24N5O15P3/c25-21-17-22(27-11-26-21)29(12-28-17)23-19(31)20(42-46(36,37)44-47(38,39)43-45(33,34)35)16(41-23)10-40-24(32)15-9-5-4-8-14(15)18(30)13-6-2-1-3-7-13/h1-9,11-12,16,19-20,23,31H,10H2,(H,36,37)(H,38,39)(H2,25,26,27)(H2,33,34,35)/t16-,19-,20-,23-/m1/s1. The number of hydrogen-bond donors (Lipinski definition) is 6. The summed E-state index contributed by atoms with van der Waals surface area (Å²) in [6, 6.07) is 13.8. The molecule has 0 aliphatic carbocycles. The summed E-state index contributed by atoms with van der Waals surface area (Å²) in [5.74, 6) is -1.58. The number of aliphatic hydroxyl groups is 1. The van der Waals surface area contributed by atoms with Gasteiger partial charge in [-0.2, -0.15) is 8.62 Å². The van der Waals surface area contributed by atoms with E-state index in [9.17, 15) is 38.2 Å². The van der Waals surface area contributed by atoms with Gasteiger partial charge in [-0.25, -0.2) is 33.4 Å². The first-order chi connectivity index (χ1) is 22.1. The van der Waals surface area contributed by atoms with E-state index in [1.807, 2.05) is 0 Å². The Kier molecular flexibility index (Phi) is 9.87. The molecule has 0 saturated carbocycles. The lowest BCUT2D eigenvalue weighted by Gasteiger charge is -2.23. The molecule has 0 spiro atoms. The van der Waals surface area contributed by atoms with E-state index >= 15 is 0 Å². The molecule has 6 atom stereocenters. The van der Waals surface area contributed by atoms with Crippen molar-refractivity contribution in [1.29, 1.82) is 0 Å². The van der Waals surface area contributed by atoms with E-state index in [4.69, 9.17) is 29.5 Å². The van der Waals surface area contributed by atoms with Crippen LogP contribution in [-0.4, -0.2) is 80.9 Å². The first-order valence-corrected chi connectivity index (χ1v) is 17.5. The number of ether oxygens (including phenoxy) is 2. The number of rotatable bonds is 12. The first kappa shape index (κ1) is 34.6. The van der Waals surface area contributed by atoms with Crippen molar-refractivity contribution in [3.8, 4) is 0 Å². The second-order valence-electron chi connectivity index (χ2n) is 9.64. The lowest BCUT2D eigenvalue weighted by Crippen LogP contribution is -2.36. The van der Waals surface area contributed by atoms with Crippen LogP contribution in [0.25, 0.3) is 11.2 Å². The Hall–Kier alpha value is -3.74. The third kappa shape index (κ3) is 8.05. The van der Waals surface area contributed by atoms with Gasteiger partial charge in [-0.3, -0.25) is 13.9 Å². The minimum absolute atomic E-state index is 0.0130. The number of nitrogens with two attached hydrogens (primary N) is 1. The van der Waals surface area contributed by atoms with Crippen LogP contribution < -0.4 is 5.73 Å². The van der Waals surface area contributed by atoms with Gasteiger partial charge in [0.2, 0.25) is 0 Å². The number of phosphoric acid groups is 3. The second kappa shape index (κ2) is 13.4. The van der Waals surface area contributed by atoms with Crippen LogP contribution in [0.4, 0.5) is 5.82 Å². The molecule has 1 saturated heterocycles. The van der Waals surface area contributed by atoms with Crippen LogP contribution in [0, 0.1) is 0 Å². The highest BCUT2D eigenvalue weighted by Gasteiger charge is 2.52. The minimum Gasteiger partial charge on any atom is -0.459 e. The van der Waals surface area contributed by atoms with Gasteiger partial charge in [-0.15, -0.1) is 0 Å². The molecular weight excluding hydrogens is 691 g/mol. The van der Waals surface area contributed by atoms with Crippen molar-refractivity contribution in [1.82, 2.24) is 19.5 Å². The molecule has 0 bridgehead atoms. The molecule has 20 nitrogen and oxygen atoms in total. The molecule has 2 aromatic carbocycles. The summed E-state index contributed by atoms with van der Waals surface area (Å²) in [6.07, 6.45) is -4.93. The third-order valence-electron chi connectivity index (χ3n) is 6.45. The smallest absolute Gasteiger partial charge is 0.459 e. The number of esters is 1. The lowest BCUT2D eigenvalue weighted by atomic mass is 9.98. The van der Waals surface area contributed by atoms with Crippen LogP contribution in [0.2, 0.25) is 0 Å². The van der Waals surface area contributed by atoms with Crippen LogP contribution in [-0.2, 0) is 36.3 Å². The molecule has 7 N–H and O–H groups in total. The van der Waals surface area contributed by atoms with Gasteiger partial charge in [0.05, 0.1) is 11.9 Å². The Morgan fingerprint density at radius 1 is 0.894 bits per heavy atom. The number of carbonyl (C=O) groups excluding carboxylic acids is 2. The number of phosphoric ester groups is 1. The molecule has 5 rings (SSSR count). The zero-order chi connectivity index (χ0) is 34.1. The van der Waals surface area contributed by atoms with Crippen LogP contribution in [0.15, 0.2) is 67.3 Å². The number of anilines is 1. The predicted molar refractivity (Wildman–Crippen MR) is 155 cm³/mol. The number of fused-ring (bicyclic) bond motifs is 1. The molecule has 1 fully saturated rings. The van der Waals surface area contributed by atoms with Crippen molar-refractivity contribution >= 4 is 52.2 Å². The Morgan fingerprint density at radius 3 is 2.23 bits per heavy atom. The monoisotopic (exact) mass is 715 g/mol. The summed E-state index contributed by atoms with van der Waals surface area (Å²) < 4.78 is 60.3. The highest BCUT2D eigenvalue weighted by Crippen LogP contribution is 2.67. The largest absolute Gasteiger partial charge is 0.490 e. The van der Waals surface area contributed by atoms with Crippen LogP contribution in [0.5, 0.6) is 0 Å². The van der Waals surface area contributed by atoms with Crippen LogP contribution in [0.1, 0.15) is 32.5 Å². The Balaban J connectivity index is 1.41. The molecule has 1 aliphatic heterocycles. The maximum atomic E-state index is 13.2. The zero-order valence-electron chi connectivity index (χ0n) is 23.4. The van der Waals surface area contributed by atoms with Crippen molar-refractivity contribution < 1.29 is 70.6 Å². The van der Waals surface area contributed by atoms with Crippen LogP contribution in [0.3, 0.4) is 0 Å². The van der Waals surface area contributed by atoms with Gasteiger partial charge in [0.25, 0.3) is 0 Å². The number of benzene rings is 2. The molecule has 3 heterocycles. The van der Waals surface area contributed by atoms with E-state index in [0.717, 1.165) is 17.2 Å². The Morgan fingerprint density at radius 2 is 1.55 bits per heavy atom. The maximum absolute atomic E-state index is 13.2. The summed E-state index contributed by atoms with van der Waals surface area (Å²) in [5.41, 5.74) is 6.04. The molecule has 250 valence electrons. The van der Waals surface area contributed by atoms with Gasteiger partial charge in [-0.05, 0) is 6.07 Å². The quantitative estimate of drug-likeness (QED) is 0.0687. The highest BCUT2D eigenvalue weighted by molar-refractivity contribution is 7.66. The van der Waals surface area contributed by atoms with Gasteiger partial charge >= 0.3 is 29.4 Å². The van der Waals surface area contributed by atoms with E-state index in [1.54, 1.807) is 30.3 Å². The number of aliphatic hydroxyl groups excluding tert-OH is 1. The SMILES string of the molecule is Nc1ncnc2c1ncn2[C@@H]1O[C@H](COC(=O)c2ccccc2C(=O)c2ccccc2)[C@@H](OP(=O)(O)OP(=O)(O)OP(=O)(O)O)[C@H]1O. The van der Waals surface area contributed by atoms with Gasteiger partial charge in [-0.1, -0.05) is 48.5 Å². The molecule has 2 unspecified atom stereocenters. The minimum atomic E-state index is -5.93. The van der Waals surface area contributed by atoms with E-state index in [2.05, 4.69) is 23.6 Å². The van der Waals surface area contributed by atoms with Crippen molar-refractivity contribution in [3.05, 3.63) is 83.9 Å². The predicted octanol–water partition coefficient (Wildman–Crippen LogP) is 1.47. The molecule has 2 aromatic heterocycles. The number of ketones is 1. The summed E-state index contributed by atoms with van der Waals surface area (Å²) >= 11 is 0. The van der Waals surface area contributed by atoms with E-state index in [-0.39, 0.29) is 33.7 Å². The molecule has 0 radical (unpaired) electrons. The normalized spacial score (nSPS) is 22.4. The fraction of sp³-hybridized carbons (Fsp3) is 0.208. The average molecular weight is 715 g/mol. The van der Waals surface area contributed by atoms with E-state index in [0.29, 0.717) is 0 Å². The number of nitrogens with zero attached hydrogens (tertiary/aromatic N) is 4. The summed E-state index contributed by atoms with van der Waals surface area (Å²) in [7, 11) is -17.5. The third-order valence-corrected chi connectivity index (χ3v) is 10.3. The molecule has 23 heteroatoms. The van der Waals surface area contributed by atoms with E-state index < -0.39 is 66.4 Å². The second-order valence-corrected chi connectivity index (χ2v) is 14.0. The topological polar surface area (TPSA) is 302 Å². The molecule has 4 aromatic rings. The maximum Gasteiger partial charge on any atom is 0.490 e. The lowest BCUT2D eigenvalue weighted by molar-refractivity contribution is -0.0562. The number of imidazole rings is 1. The molecule has 1 aliphatic rings. The number of aromatic nitrogens is 4.